The standard InChI is InChI=1S/C25H22N4O/c26-16-19-8-9-25-24(14-19)27-18-29(25)22-6-3-5-20(15-22)23-7-2-1-4-21(23)17-28-10-12-30-13-11-28/h1-9,14-15,18H,10-13,17H2. The fourth-order valence-electron chi connectivity index (χ4n) is 4.05. The molecule has 0 saturated carbocycles. The number of hydrogen-bond acceptors (Lipinski definition) is 4. The first-order valence-electron chi connectivity index (χ1n) is 10.2. The van der Waals surface area contributed by atoms with Crippen molar-refractivity contribution in [2.24, 2.45) is 0 Å². The number of imidazole rings is 1. The van der Waals surface area contributed by atoms with Crippen LogP contribution in [0, 0.1) is 11.3 Å². The Morgan fingerprint density at radius 3 is 2.70 bits per heavy atom. The molecule has 1 aromatic heterocycles. The van der Waals surface area contributed by atoms with E-state index in [4.69, 9.17) is 10.00 Å². The highest BCUT2D eigenvalue weighted by molar-refractivity contribution is 5.79. The van der Waals surface area contributed by atoms with Crippen molar-refractivity contribution >= 4 is 11.0 Å². The zero-order chi connectivity index (χ0) is 20.3. The molecule has 0 amide bonds. The molecule has 0 unspecified atom stereocenters. The van der Waals surface area contributed by atoms with Crippen LogP contribution in [0.4, 0.5) is 0 Å². The van der Waals surface area contributed by atoms with Crippen LogP contribution in [0.3, 0.4) is 0 Å². The first-order chi connectivity index (χ1) is 14.8. The molecule has 5 heteroatoms. The van der Waals surface area contributed by atoms with Gasteiger partial charge in [-0.2, -0.15) is 5.26 Å². The summed E-state index contributed by atoms with van der Waals surface area (Å²) in [5, 5.41) is 9.13. The Morgan fingerprint density at radius 1 is 0.967 bits per heavy atom. The van der Waals surface area contributed by atoms with Gasteiger partial charge in [-0.1, -0.05) is 36.4 Å². The molecule has 30 heavy (non-hydrogen) atoms. The molecule has 5 nitrogen and oxygen atoms in total. The highest BCUT2D eigenvalue weighted by Gasteiger charge is 2.14. The van der Waals surface area contributed by atoms with Crippen LogP contribution in [0.5, 0.6) is 0 Å². The minimum Gasteiger partial charge on any atom is -0.379 e. The van der Waals surface area contributed by atoms with Crippen LogP contribution in [0.1, 0.15) is 11.1 Å². The summed E-state index contributed by atoms with van der Waals surface area (Å²) in [6.45, 7) is 4.48. The predicted molar refractivity (Wildman–Crippen MR) is 117 cm³/mol. The summed E-state index contributed by atoms with van der Waals surface area (Å²) < 4.78 is 7.56. The molecule has 1 fully saturated rings. The maximum atomic E-state index is 9.13. The monoisotopic (exact) mass is 394 g/mol. The lowest BCUT2D eigenvalue weighted by molar-refractivity contribution is 0.0342. The number of nitriles is 1. The normalized spacial score (nSPS) is 14.6. The van der Waals surface area contributed by atoms with Gasteiger partial charge in [0.05, 0.1) is 35.9 Å². The van der Waals surface area contributed by atoms with Gasteiger partial charge in [0, 0.05) is 25.3 Å². The van der Waals surface area contributed by atoms with Crippen molar-refractivity contribution in [2.45, 2.75) is 6.54 Å². The molecule has 0 aliphatic carbocycles. The van der Waals surface area contributed by atoms with Crippen LogP contribution in [0.2, 0.25) is 0 Å². The lowest BCUT2D eigenvalue weighted by Crippen LogP contribution is -2.35. The fourth-order valence-corrected chi connectivity index (χ4v) is 4.05. The Hall–Kier alpha value is -3.46. The summed E-state index contributed by atoms with van der Waals surface area (Å²) >= 11 is 0. The van der Waals surface area contributed by atoms with Crippen LogP contribution in [0.15, 0.2) is 73.1 Å². The Balaban J connectivity index is 1.51. The van der Waals surface area contributed by atoms with E-state index in [1.807, 2.05) is 24.5 Å². The number of ether oxygens (including phenoxy) is 1. The molecule has 0 N–H and O–H groups in total. The first kappa shape index (κ1) is 18.6. The van der Waals surface area contributed by atoms with E-state index in [0.29, 0.717) is 5.56 Å². The van der Waals surface area contributed by atoms with Gasteiger partial charge in [0.1, 0.15) is 6.33 Å². The molecule has 0 bridgehead atoms. The van der Waals surface area contributed by atoms with Crippen molar-refractivity contribution in [3.63, 3.8) is 0 Å². The quantitative estimate of drug-likeness (QED) is 0.515. The summed E-state index contributed by atoms with van der Waals surface area (Å²) in [6.07, 6.45) is 1.82. The number of rotatable bonds is 4. The minimum atomic E-state index is 0.624. The number of aromatic nitrogens is 2. The van der Waals surface area contributed by atoms with Crippen molar-refractivity contribution in [1.29, 1.82) is 5.26 Å². The largest absolute Gasteiger partial charge is 0.379 e. The molecule has 148 valence electrons. The predicted octanol–water partition coefficient (Wildman–Crippen LogP) is 4.40. The Bertz CT molecular complexity index is 1230. The van der Waals surface area contributed by atoms with Gasteiger partial charge in [0.15, 0.2) is 0 Å². The van der Waals surface area contributed by atoms with Gasteiger partial charge in [-0.3, -0.25) is 9.47 Å². The number of nitrogens with zero attached hydrogens (tertiary/aromatic N) is 4. The van der Waals surface area contributed by atoms with Gasteiger partial charge in [-0.15, -0.1) is 0 Å². The Kier molecular flexibility index (Phi) is 5.02. The van der Waals surface area contributed by atoms with Crippen molar-refractivity contribution < 1.29 is 4.74 Å². The smallest absolute Gasteiger partial charge is 0.100 e. The molecule has 3 aromatic carbocycles. The van der Waals surface area contributed by atoms with E-state index in [2.05, 4.69) is 69.1 Å². The second-order valence-electron chi connectivity index (χ2n) is 7.53. The van der Waals surface area contributed by atoms with Crippen molar-refractivity contribution in [2.75, 3.05) is 26.3 Å². The van der Waals surface area contributed by atoms with E-state index in [1.54, 1.807) is 0 Å². The van der Waals surface area contributed by atoms with Crippen LogP contribution in [-0.4, -0.2) is 40.8 Å². The Labute approximate surface area is 175 Å². The van der Waals surface area contributed by atoms with Gasteiger partial charge in [-0.05, 0) is 47.0 Å². The van der Waals surface area contributed by atoms with Gasteiger partial charge < -0.3 is 4.74 Å². The second kappa shape index (κ2) is 8.11. The molecule has 1 aliphatic heterocycles. The number of hydrogen-bond donors (Lipinski definition) is 0. The first-order valence-corrected chi connectivity index (χ1v) is 10.2. The highest BCUT2D eigenvalue weighted by atomic mass is 16.5. The van der Waals surface area contributed by atoms with E-state index < -0.39 is 0 Å². The summed E-state index contributed by atoms with van der Waals surface area (Å²) in [4.78, 5) is 6.94. The van der Waals surface area contributed by atoms with E-state index in [0.717, 1.165) is 49.6 Å². The molecule has 2 heterocycles. The summed E-state index contributed by atoms with van der Waals surface area (Å²) in [7, 11) is 0. The summed E-state index contributed by atoms with van der Waals surface area (Å²) in [5.74, 6) is 0. The summed E-state index contributed by atoms with van der Waals surface area (Å²) in [5.41, 5.74) is 7.26. The molecular formula is C25H22N4O. The van der Waals surface area contributed by atoms with Gasteiger partial charge in [-0.25, -0.2) is 4.98 Å². The van der Waals surface area contributed by atoms with Crippen molar-refractivity contribution in [1.82, 2.24) is 14.5 Å². The number of morpholine rings is 1. The van der Waals surface area contributed by atoms with Crippen LogP contribution in [-0.2, 0) is 11.3 Å². The lowest BCUT2D eigenvalue weighted by atomic mass is 9.98. The van der Waals surface area contributed by atoms with Crippen molar-refractivity contribution in [3.05, 3.63) is 84.2 Å². The second-order valence-corrected chi connectivity index (χ2v) is 7.53. The van der Waals surface area contributed by atoms with E-state index in [1.165, 1.54) is 16.7 Å². The third-order valence-corrected chi connectivity index (χ3v) is 5.63. The highest BCUT2D eigenvalue weighted by Crippen LogP contribution is 2.28. The van der Waals surface area contributed by atoms with E-state index >= 15 is 0 Å². The topological polar surface area (TPSA) is 54.1 Å². The van der Waals surface area contributed by atoms with Crippen LogP contribution >= 0.6 is 0 Å². The van der Waals surface area contributed by atoms with Gasteiger partial charge in [0.25, 0.3) is 0 Å². The lowest BCUT2D eigenvalue weighted by Gasteiger charge is -2.27. The number of fused-ring (bicyclic) bond motifs is 1. The molecule has 0 radical (unpaired) electrons. The fraction of sp³-hybridized carbons (Fsp3) is 0.200. The third-order valence-electron chi connectivity index (χ3n) is 5.63. The molecule has 0 atom stereocenters. The zero-order valence-corrected chi connectivity index (χ0v) is 16.7. The Morgan fingerprint density at radius 2 is 1.83 bits per heavy atom. The average Bonchev–Trinajstić information content (AvgIpc) is 3.23. The average molecular weight is 394 g/mol. The number of benzene rings is 3. The maximum Gasteiger partial charge on any atom is 0.100 e. The molecule has 4 aromatic rings. The molecular weight excluding hydrogens is 372 g/mol. The maximum absolute atomic E-state index is 9.13. The van der Waals surface area contributed by atoms with E-state index in [9.17, 15) is 0 Å². The van der Waals surface area contributed by atoms with E-state index in [-0.39, 0.29) is 0 Å². The molecule has 1 aliphatic rings. The molecule has 0 spiro atoms. The third kappa shape index (κ3) is 3.59. The zero-order valence-electron chi connectivity index (χ0n) is 16.7. The molecule has 5 rings (SSSR count). The van der Waals surface area contributed by atoms with Gasteiger partial charge in [0.2, 0.25) is 0 Å². The minimum absolute atomic E-state index is 0.624. The molecule has 1 saturated heterocycles. The van der Waals surface area contributed by atoms with Gasteiger partial charge >= 0.3 is 0 Å². The van der Waals surface area contributed by atoms with Crippen LogP contribution < -0.4 is 0 Å². The SMILES string of the molecule is N#Cc1ccc2c(c1)ncn2-c1cccc(-c2ccccc2CN2CCOCC2)c1. The van der Waals surface area contributed by atoms with Crippen LogP contribution in [0.25, 0.3) is 27.8 Å². The summed E-state index contributed by atoms with van der Waals surface area (Å²) in [6, 6.07) is 25.0. The van der Waals surface area contributed by atoms with Crippen molar-refractivity contribution in [3.8, 4) is 22.9 Å².